The molecule has 1 aliphatic heterocycles. The van der Waals surface area contributed by atoms with Gasteiger partial charge in [0.2, 0.25) is 0 Å². The number of benzene rings is 1. The number of nitrogens with zero attached hydrogens (tertiary/aromatic N) is 4. The Bertz CT molecular complexity index is 1090. The molecule has 0 unspecified atom stereocenters. The monoisotopic (exact) mass is 442 g/mol. The number of rotatable bonds is 7. The molecule has 9 heteroatoms. The zero-order valence-corrected chi connectivity index (χ0v) is 17.6. The summed E-state index contributed by atoms with van der Waals surface area (Å²) in [6, 6.07) is 8.21. The first-order chi connectivity index (χ1) is 14.9. The van der Waals surface area contributed by atoms with Crippen LogP contribution in [0.3, 0.4) is 0 Å². The van der Waals surface area contributed by atoms with Crippen LogP contribution in [0, 0.1) is 0 Å². The number of pyridine rings is 1. The third kappa shape index (κ3) is 4.71. The molecule has 1 atom stereocenters. The molecule has 8 nitrogen and oxygen atoms in total. The first kappa shape index (κ1) is 21.3. The number of carboxylic acid groups (broad SMARTS) is 2. The number of fused-ring (bicyclic) bond motifs is 1. The summed E-state index contributed by atoms with van der Waals surface area (Å²) in [5, 5.41) is 20.5. The highest BCUT2D eigenvalue weighted by Gasteiger charge is 2.33. The summed E-state index contributed by atoms with van der Waals surface area (Å²) in [4.78, 5) is 32.0. The summed E-state index contributed by atoms with van der Waals surface area (Å²) in [5.41, 5.74) is 2.33. The number of aliphatic carboxylic acids is 2. The van der Waals surface area contributed by atoms with E-state index in [-0.39, 0.29) is 6.54 Å². The van der Waals surface area contributed by atoms with E-state index in [1.165, 1.54) is 0 Å². The molecule has 2 N–H and O–H groups in total. The smallest absolute Gasteiger partial charge is 0.325 e. The predicted octanol–water partition coefficient (Wildman–Crippen LogP) is 2.72. The van der Waals surface area contributed by atoms with Gasteiger partial charge in [0.25, 0.3) is 0 Å². The Labute approximate surface area is 184 Å². The Morgan fingerprint density at radius 3 is 2.55 bits per heavy atom. The molecular weight excluding hydrogens is 420 g/mol. The topological polar surface area (TPSA) is 98.9 Å². The number of piperazine rings is 1. The van der Waals surface area contributed by atoms with Crippen LogP contribution in [0.5, 0.6) is 0 Å². The van der Waals surface area contributed by atoms with Gasteiger partial charge in [-0.1, -0.05) is 23.7 Å². The molecule has 0 saturated carbocycles. The fourth-order valence-electron chi connectivity index (χ4n) is 4.20. The van der Waals surface area contributed by atoms with E-state index < -0.39 is 18.0 Å². The van der Waals surface area contributed by atoms with Crippen molar-refractivity contribution < 1.29 is 19.8 Å². The van der Waals surface area contributed by atoms with Crippen molar-refractivity contribution >= 4 is 34.4 Å². The number of hydrogen-bond acceptors (Lipinski definition) is 5. The Morgan fingerprint density at radius 1 is 1.13 bits per heavy atom. The molecule has 162 valence electrons. The molecule has 1 fully saturated rings. The highest BCUT2D eigenvalue weighted by Crippen LogP contribution is 2.33. The van der Waals surface area contributed by atoms with Gasteiger partial charge in [-0.25, -0.2) is 0 Å². The molecule has 0 radical (unpaired) electrons. The van der Waals surface area contributed by atoms with Crippen molar-refractivity contribution in [2.75, 3.05) is 26.2 Å². The van der Waals surface area contributed by atoms with Gasteiger partial charge in [-0.2, -0.15) is 0 Å². The lowest BCUT2D eigenvalue weighted by molar-refractivity contribution is -0.144. The highest BCUT2D eigenvalue weighted by atomic mass is 35.5. The maximum atomic E-state index is 12.3. The molecule has 3 aromatic rings. The van der Waals surface area contributed by atoms with Crippen molar-refractivity contribution in [3.05, 3.63) is 65.1 Å². The minimum atomic E-state index is -1.00. The van der Waals surface area contributed by atoms with Gasteiger partial charge in [0.05, 0.1) is 5.52 Å². The van der Waals surface area contributed by atoms with Crippen LogP contribution in [0.4, 0.5) is 0 Å². The second kappa shape index (κ2) is 9.05. The molecule has 2 aromatic heterocycles. The number of halogens is 1. The third-order valence-electron chi connectivity index (χ3n) is 5.61. The zero-order valence-electron chi connectivity index (χ0n) is 16.8. The van der Waals surface area contributed by atoms with Gasteiger partial charge in [-0.15, -0.1) is 0 Å². The van der Waals surface area contributed by atoms with Crippen LogP contribution < -0.4 is 0 Å². The van der Waals surface area contributed by atoms with Gasteiger partial charge in [0.1, 0.15) is 12.6 Å². The average Bonchev–Trinajstić information content (AvgIpc) is 3.06. The number of carbonyl (C=O) groups is 2. The quantitative estimate of drug-likeness (QED) is 0.580. The number of hydrogen-bond donors (Lipinski definition) is 2. The van der Waals surface area contributed by atoms with Crippen LogP contribution in [0.25, 0.3) is 10.9 Å². The zero-order chi connectivity index (χ0) is 22.0. The van der Waals surface area contributed by atoms with Crippen molar-refractivity contribution in [2.24, 2.45) is 0 Å². The van der Waals surface area contributed by atoms with E-state index >= 15 is 0 Å². The van der Waals surface area contributed by atoms with E-state index in [9.17, 15) is 19.8 Å². The predicted molar refractivity (Wildman–Crippen MR) is 116 cm³/mol. The molecule has 0 aliphatic carbocycles. The largest absolute Gasteiger partial charge is 0.480 e. The summed E-state index contributed by atoms with van der Waals surface area (Å²) in [6.45, 7) is 3.17. The van der Waals surface area contributed by atoms with E-state index in [1.807, 2.05) is 23.2 Å². The van der Waals surface area contributed by atoms with Crippen LogP contribution in [0.15, 0.2) is 48.9 Å². The lowest BCUT2D eigenvalue weighted by Gasteiger charge is -2.37. The number of aromatic nitrogens is 2. The fourth-order valence-corrected chi connectivity index (χ4v) is 4.37. The van der Waals surface area contributed by atoms with Gasteiger partial charge < -0.3 is 14.8 Å². The summed E-state index contributed by atoms with van der Waals surface area (Å²) < 4.78 is 1.55. The van der Waals surface area contributed by atoms with Crippen molar-refractivity contribution in [1.82, 2.24) is 19.4 Å². The molecule has 1 saturated heterocycles. The lowest BCUT2D eigenvalue weighted by atomic mass is 10.0. The van der Waals surface area contributed by atoms with Crippen molar-refractivity contribution in [3.63, 3.8) is 0 Å². The maximum absolute atomic E-state index is 12.3. The maximum Gasteiger partial charge on any atom is 0.325 e. The van der Waals surface area contributed by atoms with E-state index in [4.69, 9.17) is 11.6 Å². The number of carboxylic acids is 2. The summed E-state index contributed by atoms with van der Waals surface area (Å²) in [7, 11) is 0. The van der Waals surface area contributed by atoms with Gasteiger partial charge in [0, 0.05) is 67.3 Å². The van der Waals surface area contributed by atoms with Crippen LogP contribution in [-0.4, -0.2) is 67.7 Å². The first-order valence-electron chi connectivity index (χ1n) is 10.0. The molecule has 0 bridgehead atoms. The van der Waals surface area contributed by atoms with Crippen molar-refractivity contribution in [1.29, 1.82) is 0 Å². The molecule has 0 spiro atoms. The first-order valence-corrected chi connectivity index (χ1v) is 10.4. The van der Waals surface area contributed by atoms with Gasteiger partial charge in [0.15, 0.2) is 0 Å². The van der Waals surface area contributed by atoms with Crippen molar-refractivity contribution in [2.45, 2.75) is 19.1 Å². The van der Waals surface area contributed by atoms with Gasteiger partial charge >= 0.3 is 11.9 Å². The van der Waals surface area contributed by atoms with Crippen LogP contribution in [0.2, 0.25) is 5.02 Å². The fraction of sp³-hybridized carbons (Fsp3) is 0.318. The van der Waals surface area contributed by atoms with Crippen LogP contribution in [-0.2, 0) is 22.7 Å². The Balaban J connectivity index is 1.58. The van der Waals surface area contributed by atoms with E-state index in [0.29, 0.717) is 34.6 Å². The standard InChI is InChI=1S/C22H23ClN4O4/c23-16-3-4-17-18(13-27(14-20(28)29)19(17)10-16)21(22(30)31)26-8-6-25(7-9-26)12-15-2-1-5-24-11-15/h1-5,10-11,13,21H,6-9,12,14H2,(H,28,29)(H,30,31)/t21-/m1/s1. The lowest BCUT2D eigenvalue weighted by Crippen LogP contribution is -2.48. The van der Waals surface area contributed by atoms with Crippen molar-refractivity contribution in [3.8, 4) is 0 Å². The Kier molecular flexibility index (Phi) is 6.22. The van der Waals surface area contributed by atoms with Gasteiger partial charge in [-0.05, 0) is 23.8 Å². The average molecular weight is 443 g/mol. The molecule has 0 amide bonds. The highest BCUT2D eigenvalue weighted by molar-refractivity contribution is 6.31. The minimum Gasteiger partial charge on any atom is -0.480 e. The molecular formula is C22H23ClN4O4. The second-order valence-corrected chi connectivity index (χ2v) is 8.12. The summed E-state index contributed by atoms with van der Waals surface area (Å²) in [6.07, 6.45) is 5.22. The van der Waals surface area contributed by atoms with Crippen LogP contribution in [0.1, 0.15) is 17.2 Å². The molecule has 4 rings (SSSR count). The van der Waals surface area contributed by atoms with Gasteiger partial charge in [-0.3, -0.25) is 24.4 Å². The third-order valence-corrected chi connectivity index (χ3v) is 5.85. The summed E-state index contributed by atoms with van der Waals surface area (Å²) >= 11 is 6.11. The molecule has 1 aliphatic rings. The SMILES string of the molecule is O=C(O)Cn1cc([C@H](C(=O)O)N2CCN(Cc3cccnc3)CC2)c2ccc(Cl)cc21. The molecule has 1 aromatic carbocycles. The van der Waals surface area contributed by atoms with E-state index in [0.717, 1.165) is 25.2 Å². The Hall–Kier alpha value is -2.94. The second-order valence-electron chi connectivity index (χ2n) is 7.68. The van der Waals surface area contributed by atoms with Crippen LogP contribution >= 0.6 is 11.6 Å². The Morgan fingerprint density at radius 2 is 1.90 bits per heavy atom. The normalized spacial score (nSPS) is 16.4. The van der Waals surface area contributed by atoms with E-state index in [2.05, 4.69) is 9.88 Å². The van der Waals surface area contributed by atoms with E-state index in [1.54, 1.807) is 35.2 Å². The summed E-state index contributed by atoms with van der Waals surface area (Å²) in [5.74, 6) is -1.95. The molecule has 31 heavy (non-hydrogen) atoms. The minimum absolute atomic E-state index is 0.262. The molecule has 3 heterocycles.